The van der Waals surface area contributed by atoms with Crippen LogP contribution in [0.5, 0.6) is 11.5 Å². The molecule has 0 spiro atoms. The zero-order valence-corrected chi connectivity index (χ0v) is 19.3. The summed E-state index contributed by atoms with van der Waals surface area (Å²) in [5.41, 5.74) is 3.28. The van der Waals surface area contributed by atoms with Gasteiger partial charge in [-0.15, -0.1) is 0 Å². The topological polar surface area (TPSA) is 83.9 Å². The molecule has 4 rings (SSSR count). The summed E-state index contributed by atoms with van der Waals surface area (Å²) in [7, 11) is -3.56. The molecule has 0 saturated carbocycles. The van der Waals surface area contributed by atoms with Gasteiger partial charge in [0.25, 0.3) is 0 Å². The van der Waals surface area contributed by atoms with Gasteiger partial charge in [0.2, 0.25) is 10.0 Å². The Balaban J connectivity index is 1.51. The molecule has 4 aromatic carbocycles. The van der Waals surface area contributed by atoms with Gasteiger partial charge in [-0.25, -0.2) is 13.2 Å². The van der Waals surface area contributed by atoms with Gasteiger partial charge in [0.05, 0.1) is 24.1 Å². The average molecular weight is 474 g/mol. The van der Waals surface area contributed by atoms with Crippen molar-refractivity contribution < 1.29 is 23.1 Å². The van der Waals surface area contributed by atoms with Crippen molar-refractivity contribution in [3.05, 3.63) is 114 Å². The van der Waals surface area contributed by atoms with E-state index in [2.05, 4.69) is 0 Å². The maximum absolute atomic E-state index is 12.5. The van der Waals surface area contributed by atoms with Gasteiger partial charge in [0.15, 0.2) is 0 Å². The number of nitrogens with zero attached hydrogens (tertiary/aromatic N) is 1. The number of carbonyl (C=O) groups is 1. The highest BCUT2D eigenvalue weighted by atomic mass is 32.2. The van der Waals surface area contributed by atoms with Crippen LogP contribution in [0.2, 0.25) is 0 Å². The Kier molecular flexibility index (Phi) is 6.65. The van der Waals surface area contributed by atoms with E-state index in [0.29, 0.717) is 11.3 Å². The minimum absolute atomic E-state index is 0.101. The second-order valence-electron chi connectivity index (χ2n) is 7.76. The third kappa shape index (κ3) is 5.63. The van der Waals surface area contributed by atoms with E-state index in [0.717, 1.165) is 28.9 Å². The monoisotopic (exact) mass is 473 g/mol. The fourth-order valence-corrected chi connectivity index (χ4v) is 4.37. The zero-order chi connectivity index (χ0) is 24.1. The number of carboxylic acid groups (broad SMARTS) is 1. The molecule has 7 heteroatoms. The summed E-state index contributed by atoms with van der Waals surface area (Å²) < 4.78 is 32.1. The minimum atomic E-state index is -3.56. The van der Waals surface area contributed by atoms with Gasteiger partial charge in [-0.3, -0.25) is 4.31 Å². The van der Waals surface area contributed by atoms with Crippen molar-refractivity contribution in [2.75, 3.05) is 10.6 Å². The van der Waals surface area contributed by atoms with Gasteiger partial charge in [-0.2, -0.15) is 0 Å². The van der Waals surface area contributed by atoms with Crippen LogP contribution in [0.25, 0.3) is 11.1 Å². The van der Waals surface area contributed by atoms with E-state index in [9.17, 15) is 13.2 Å². The predicted octanol–water partition coefficient (Wildman–Crippen LogP) is 5.81. The summed E-state index contributed by atoms with van der Waals surface area (Å²) in [5, 5.41) is 9.05. The van der Waals surface area contributed by atoms with Crippen molar-refractivity contribution in [3.8, 4) is 22.6 Å². The van der Waals surface area contributed by atoms with Crippen LogP contribution in [0, 0.1) is 0 Å². The van der Waals surface area contributed by atoms with E-state index in [1.54, 1.807) is 24.3 Å². The number of ether oxygens (including phenoxy) is 1. The zero-order valence-electron chi connectivity index (χ0n) is 18.5. The smallest absolute Gasteiger partial charge is 0.335 e. The normalized spacial score (nSPS) is 11.1. The number of hydrogen-bond donors (Lipinski definition) is 1. The molecule has 0 radical (unpaired) electrons. The molecular formula is C27H23NO5S. The van der Waals surface area contributed by atoms with Crippen LogP contribution in [-0.2, 0) is 16.6 Å². The molecule has 0 saturated heterocycles. The van der Waals surface area contributed by atoms with Gasteiger partial charge >= 0.3 is 5.97 Å². The number of carboxylic acids is 1. The molecule has 4 aromatic rings. The fourth-order valence-electron chi connectivity index (χ4n) is 3.48. The van der Waals surface area contributed by atoms with E-state index in [-0.39, 0.29) is 12.1 Å². The quantitative estimate of drug-likeness (QED) is 0.349. The Bertz CT molecular complexity index is 1370. The molecule has 0 fully saturated rings. The lowest BCUT2D eigenvalue weighted by atomic mass is 10.1. The number of sulfonamides is 1. The largest absolute Gasteiger partial charge is 0.478 e. The molecule has 0 amide bonds. The van der Waals surface area contributed by atoms with Crippen molar-refractivity contribution in [1.82, 2.24) is 0 Å². The molecule has 172 valence electrons. The van der Waals surface area contributed by atoms with Crippen LogP contribution in [0.4, 0.5) is 5.69 Å². The first kappa shape index (κ1) is 23.1. The van der Waals surface area contributed by atoms with Crippen molar-refractivity contribution in [3.63, 3.8) is 0 Å². The number of rotatable bonds is 8. The predicted molar refractivity (Wildman–Crippen MR) is 133 cm³/mol. The molecule has 0 aromatic heterocycles. The number of anilines is 1. The summed E-state index contributed by atoms with van der Waals surface area (Å²) in [6.07, 6.45) is 1.15. The van der Waals surface area contributed by atoms with Gasteiger partial charge in [-0.05, 0) is 65.2 Å². The van der Waals surface area contributed by atoms with Crippen molar-refractivity contribution >= 4 is 21.7 Å². The number of para-hydroxylation sites is 1. The maximum Gasteiger partial charge on any atom is 0.335 e. The van der Waals surface area contributed by atoms with E-state index in [1.807, 2.05) is 66.7 Å². The molecule has 0 unspecified atom stereocenters. The number of aromatic carboxylic acids is 1. The van der Waals surface area contributed by atoms with Crippen LogP contribution in [0.1, 0.15) is 15.9 Å². The number of hydrogen-bond acceptors (Lipinski definition) is 4. The first-order valence-electron chi connectivity index (χ1n) is 10.5. The highest BCUT2D eigenvalue weighted by molar-refractivity contribution is 7.92. The Morgan fingerprint density at radius 1 is 0.765 bits per heavy atom. The van der Waals surface area contributed by atoms with Crippen molar-refractivity contribution in [2.24, 2.45) is 0 Å². The third-order valence-corrected chi connectivity index (χ3v) is 6.39. The van der Waals surface area contributed by atoms with Gasteiger partial charge in [0.1, 0.15) is 11.5 Å². The average Bonchev–Trinajstić information content (AvgIpc) is 2.83. The van der Waals surface area contributed by atoms with E-state index < -0.39 is 16.0 Å². The van der Waals surface area contributed by atoms with Crippen molar-refractivity contribution in [1.29, 1.82) is 0 Å². The first-order chi connectivity index (χ1) is 16.3. The van der Waals surface area contributed by atoms with Gasteiger partial charge in [0, 0.05) is 0 Å². The van der Waals surface area contributed by atoms with Gasteiger partial charge < -0.3 is 9.84 Å². The Hall–Kier alpha value is -4.10. The van der Waals surface area contributed by atoms with Crippen LogP contribution in [0.15, 0.2) is 103 Å². The number of benzene rings is 4. The molecular weight excluding hydrogens is 450 g/mol. The highest BCUT2D eigenvalue weighted by Gasteiger charge is 2.18. The van der Waals surface area contributed by atoms with Crippen LogP contribution >= 0.6 is 0 Å². The summed E-state index contributed by atoms with van der Waals surface area (Å²) in [4.78, 5) is 11.1. The summed E-state index contributed by atoms with van der Waals surface area (Å²) in [6, 6.07) is 30.6. The van der Waals surface area contributed by atoms with E-state index in [1.165, 1.54) is 16.4 Å². The molecule has 1 N–H and O–H groups in total. The van der Waals surface area contributed by atoms with E-state index >= 15 is 0 Å². The first-order valence-corrected chi connectivity index (χ1v) is 12.4. The lowest BCUT2D eigenvalue weighted by Crippen LogP contribution is -2.29. The lowest BCUT2D eigenvalue weighted by Gasteiger charge is -2.23. The Morgan fingerprint density at radius 2 is 1.29 bits per heavy atom. The summed E-state index contributed by atoms with van der Waals surface area (Å²) in [6.45, 7) is 0.101. The molecule has 0 aliphatic rings. The molecule has 0 aliphatic heterocycles. The maximum atomic E-state index is 12.5. The van der Waals surface area contributed by atoms with Gasteiger partial charge in [-0.1, -0.05) is 54.6 Å². The lowest BCUT2D eigenvalue weighted by molar-refractivity contribution is 0.0697. The fraction of sp³-hybridized carbons (Fsp3) is 0.0741. The Morgan fingerprint density at radius 3 is 1.82 bits per heavy atom. The highest BCUT2D eigenvalue weighted by Crippen LogP contribution is 2.28. The second kappa shape index (κ2) is 9.80. The molecule has 0 bridgehead atoms. The standard InChI is InChI=1S/C27H23NO5S/c1-34(31,32)28(19-20-7-9-23(10-8-20)27(29)30)24-15-11-21(12-16-24)22-13-17-26(18-14-22)33-25-5-3-2-4-6-25/h2-18H,19H2,1H3,(H,29,30). The third-order valence-electron chi connectivity index (χ3n) is 5.25. The minimum Gasteiger partial charge on any atom is -0.478 e. The van der Waals surface area contributed by atoms with Crippen molar-refractivity contribution in [2.45, 2.75) is 6.54 Å². The molecule has 0 atom stereocenters. The van der Waals surface area contributed by atoms with E-state index in [4.69, 9.17) is 9.84 Å². The summed E-state index contributed by atoms with van der Waals surface area (Å²) in [5.74, 6) is 0.462. The second-order valence-corrected chi connectivity index (χ2v) is 9.66. The van der Waals surface area contributed by atoms with Crippen LogP contribution in [-0.4, -0.2) is 25.7 Å². The van der Waals surface area contributed by atoms with Crippen LogP contribution in [0.3, 0.4) is 0 Å². The molecule has 6 nitrogen and oxygen atoms in total. The van der Waals surface area contributed by atoms with Crippen LogP contribution < -0.4 is 9.04 Å². The molecule has 34 heavy (non-hydrogen) atoms. The SMILES string of the molecule is CS(=O)(=O)N(Cc1ccc(C(=O)O)cc1)c1ccc(-c2ccc(Oc3ccccc3)cc2)cc1. The Labute approximate surface area is 198 Å². The molecule has 0 aliphatic carbocycles. The molecule has 0 heterocycles. The summed E-state index contributed by atoms with van der Waals surface area (Å²) >= 11 is 0.